The minimum atomic E-state index is -0.331. The molecular formula is C13H15NO3. The second-order valence-corrected chi connectivity index (χ2v) is 3.81. The van der Waals surface area contributed by atoms with Crippen LogP contribution in [0.25, 0.3) is 10.9 Å². The molecule has 0 saturated carbocycles. The number of nitrogens with one attached hydrogen (secondary N) is 1. The van der Waals surface area contributed by atoms with Crippen molar-refractivity contribution >= 4 is 16.9 Å². The number of fused-ring (bicyclic) bond motifs is 1. The van der Waals surface area contributed by atoms with Crippen LogP contribution in [0.15, 0.2) is 18.2 Å². The van der Waals surface area contributed by atoms with Crippen molar-refractivity contribution < 1.29 is 14.3 Å². The van der Waals surface area contributed by atoms with E-state index < -0.39 is 0 Å². The van der Waals surface area contributed by atoms with Gasteiger partial charge in [-0.3, -0.25) is 0 Å². The Morgan fingerprint density at radius 2 is 2.12 bits per heavy atom. The number of aryl methyl sites for hydroxylation is 1. The third-order valence-corrected chi connectivity index (χ3v) is 2.65. The second kappa shape index (κ2) is 4.49. The SMILES string of the molecule is CCOC(=O)c1cc2c(C)cc(OC)cc2[nH]1. The Balaban J connectivity index is 2.49. The van der Waals surface area contributed by atoms with E-state index in [0.29, 0.717) is 12.3 Å². The largest absolute Gasteiger partial charge is 0.497 e. The van der Waals surface area contributed by atoms with Gasteiger partial charge in [0.15, 0.2) is 0 Å². The van der Waals surface area contributed by atoms with Gasteiger partial charge in [-0.2, -0.15) is 0 Å². The molecule has 0 radical (unpaired) electrons. The van der Waals surface area contributed by atoms with Gasteiger partial charge in [0.05, 0.1) is 13.7 Å². The maximum absolute atomic E-state index is 11.6. The summed E-state index contributed by atoms with van der Waals surface area (Å²) in [6, 6.07) is 5.61. The number of rotatable bonds is 3. The van der Waals surface area contributed by atoms with Crippen molar-refractivity contribution in [3.63, 3.8) is 0 Å². The maximum Gasteiger partial charge on any atom is 0.354 e. The van der Waals surface area contributed by atoms with E-state index in [1.54, 1.807) is 14.0 Å². The number of ether oxygens (including phenoxy) is 2. The number of H-pyrrole nitrogens is 1. The van der Waals surface area contributed by atoms with E-state index in [1.165, 1.54) is 0 Å². The van der Waals surface area contributed by atoms with Crippen LogP contribution in [0.2, 0.25) is 0 Å². The highest BCUT2D eigenvalue weighted by Crippen LogP contribution is 2.25. The van der Waals surface area contributed by atoms with Gasteiger partial charge < -0.3 is 14.5 Å². The van der Waals surface area contributed by atoms with Crippen molar-refractivity contribution in [2.24, 2.45) is 0 Å². The predicted molar refractivity (Wildman–Crippen MR) is 65.5 cm³/mol. The Kier molecular flexibility index (Phi) is 3.04. The van der Waals surface area contributed by atoms with Gasteiger partial charge in [0.1, 0.15) is 11.4 Å². The number of benzene rings is 1. The third-order valence-electron chi connectivity index (χ3n) is 2.65. The number of hydrogen-bond donors (Lipinski definition) is 1. The molecule has 0 bridgehead atoms. The molecule has 0 unspecified atom stereocenters. The highest BCUT2D eigenvalue weighted by Gasteiger charge is 2.12. The van der Waals surface area contributed by atoms with Gasteiger partial charge in [0, 0.05) is 17.0 Å². The zero-order chi connectivity index (χ0) is 12.4. The molecule has 0 aliphatic rings. The number of methoxy groups -OCH3 is 1. The average Bonchev–Trinajstić information content (AvgIpc) is 2.73. The minimum absolute atomic E-state index is 0.331. The third kappa shape index (κ3) is 2.11. The lowest BCUT2D eigenvalue weighted by Crippen LogP contribution is -2.04. The van der Waals surface area contributed by atoms with E-state index in [9.17, 15) is 4.79 Å². The summed E-state index contributed by atoms with van der Waals surface area (Å²) in [5.74, 6) is 0.439. The van der Waals surface area contributed by atoms with Crippen LogP contribution in [0, 0.1) is 6.92 Å². The van der Waals surface area contributed by atoms with Gasteiger partial charge in [-0.15, -0.1) is 0 Å². The molecule has 1 aromatic carbocycles. The summed E-state index contributed by atoms with van der Waals surface area (Å²) in [5, 5.41) is 1.01. The Bertz CT molecular complexity index is 557. The molecule has 17 heavy (non-hydrogen) atoms. The van der Waals surface area contributed by atoms with Gasteiger partial charge in [0.2, 0.25) is 0 Å². The Labute approximate surface area is 99.5 Å². The van der Waals surface area contributed by atoms with Crippen molar-refractivity contribution in [3.05, 3.63) is 29.5 Å². The number of hydrogen-bond acceptors (Lipinski definition) is 3. The highest BCUT2D eigenvalue weighted by atomic mass is 16.5. The molecule has 0 fully saturated rings. The van der Waals surface area contributed by atoms with E-state index in [0.717, 1.165) is 22.2 Å². The Morgan fingerprint density at radius 1 is 1.35 bits per heavy atom. The van der Waals surface area contributed by atoms with E-state index in [-0.39, 0.29) is 5.97 Å². The first kappa shape index (κ1) is 11.5. The molecule has 90 valence electrons. The fourth-order valence-electron chi connectivity index (χ4n) is 1.82. The number of aromatic nitrogens is 1. The van der Waals surface area contributed by atoms with Gasteiger partial charge in [-0.1, -0.05) is 0 Å². The van der Waals surface area contributed by atoms with Gasteiger partial charge in [-0.25, -0.2) is 4.79 Å². The summed E-state index contributed by atoms with van der Waals surface area (Å²) in [6.07, 6.45) is 0. The zero-order valence-corrected chi connectivity index (χ0v) is 10.2. The molecule has 2 aromatic rings. The summed E-state index contributed by atoms with van der Waals surface area (Å²) < 4.78 is 10.1. The second-order valence-electron chi connectivity index (χ2n) is 3.81. The molecule has 2 rings (SSSR count). The fraction of sp³-hybridized carbons (Fsp3) is 0.308. The lowest BCUT2D eigenvalue weighted by Gasteiger charge is -2.01. The lowest BCUT2D eigenvalue weighted by atomic mass is 10.1. The van der Waals surface area contributed by atoms with Crippen molar-refractivity contribution in [3.8, 4) is 5.75 Å². The van der Waals surface area contributed by atoms with Crippen molar-refractivity contribution in [2.75, 3.05) is 13.7 Å². The van der Waals surface area contributed by atoms with E-state index in [1.807, 2.05) is 25.1 Å². The van der Waals surface area contributed by atoms with Gasteiger partial charge in [-0.05, 0) is 31.5 Å². The van der Waals surface area contributed by atoms with Gasteiger partial charge >= 0.3 is 5.97 Å². The smallest absolute Gasteiger partial charge is 0.354 e. The minimum Gasteiger partial charge on any atom is -0.497 e. The van der Waals surface area contributed by atoms with E-state index >= 15 is 0 Å². The molecule has 4 nitrogen and oxygen atoms in total. The molecule has 1 heterocycles. The number of aromatic amines is 1. The maximum atomic E-state index is 11.6. The van der Waals surface area contributed by atoms with Crippen LogP contribution in [0.4, 0.5) is 0 Å². The van der Waals surface area contributed by atoms with E-state index in [2.05, 4.69) is 4.98 Å². The van der Waals surface area contributed by atoms with Crippen molar-refractivity contribution in [1.82, 2.24) is 4.98 Å². The molecule has 0 amide bonds. The molecule has 4 heteroatoms. The van der Waals surface area contributed by atoms with Crippen molar-refractivity contribution in [1.29, 1.82) is 0 Å². The quantitative estimate of drug-likeness (QED) is 0.829. The molecule has 0 saturated heterocycles. The first-order chi connectivity index (χ1) is 8.15. The normalized spacial score (nSPS) is 10.5. The van der Waals surface area contributed by atoms with E-state index in [4.69, 9.17) is 9.47 Å². The summed E-state index contributed by atoms with van der Waals surface area (Å²) in [5.41, 5.74) is 2.41. The Hall–Kier alpha value is -1.97. The molecule has 0 aliphatic carbocycles. The van der Waals surface area contributed by atoms with Crippen LogP contribution in [-0.4, -0.2) is 24.7 Å². The standard InChI is InChI=1S/C13H15NO3/c1-4-17-13(15)12-7-10-8(2)5-9(16-3)6-11(10)14-12/h5-7,14H,4H2,1-3H3. The number of carbonyl (C=O) groups excluding carboxylic acids is 1. The predicted octanol–water partition coefficient (Wildman–Crippen LogP) is 2.66. The average molecular weight is 233 g/mol. The summed E-state index contributed by atoms with van der Waals surface area (Å²) in [6.45, 7) is 4.14. The van der Waals surface area contributed by atoms with Crippen LogP contribution >= 0.6 is 0 Å². The number of carbonyl (C=O) groups is 1. The van der Waals surface area contributed by atoms with Crippen molar-refractivity contribution in [2.45, 2.75) is 13.8 Å². The lowest BCUT2D eigenvalue weighted by molar-refractivity contribution is 0.0520. The van der Waals surface area contributed by atoms with Crippen LogP contribution in [0.3, 0.4) is 0 Å². The van der Waals surface area contributed by atoms with Crippen LogP contribution in [-0.2, 0) is 4.74 Å². The zero-order valence-electron chi connectivity index (χ0n) is 10.2. The molecule has 1 N–H and O–H groups in total. The van der Waals surface area contributed by atoms with Crippen LogP contribution < -0.4 is 4.74 Å². The first-order valence-corrected chi connectivity index (χ1v) is 5.50. The molecule has 0 spiro atoms. The fourth-order valence-corrected chi connectivity index (χ4v) is 1.82. The summed E-state index contributed by atoms with van der Waals surface area (Å²) in [4.78, 5) is 14.6. The molecule has 0 atom stereocenters. The first-order valence-electron chi connectivity index (χ1n) is 5.50. The number of esters is 1. The monoisotopic (exact) mass is 233 g/mol. The summed E-state index contributed by atoms with van der Waals surface area (Å²) >= 11 is 0. The highest BCUT2D eigenvalue weighted by molar-refractivity contribution is 5.96. The molecule has 0 aliphatic heterocycles. The van der Waals surface area contributed by atoms with Gasteiger partial charge in [0.25, 0.3) is 0 Å². The molecular weight excluding hydrogens is 218 g/mol. The topological polar surface area (TPSA) is 51.3 Å². The molecule has 1 aromatic heterocycles. The summed E-state index contributed by atoms with van der Waals surface area (Å²) in [7, 11) is 1.62. The van der Waals surface area contributed by atoms with Crippen LogP contribution in [0.5, 0.6) is 5.75 Å². The van der Waals surface area contributed by atoms with Crippen LogP contribution in [0.1, 0.15) is 23.0 Å². The Morgan fingerprint density at radius 3 is 2.76 bits per heavy atom.